The highest BCUT2D eigenvalue weighted by molar-refractivity contribution is 6.00. The maximum atomic E-state index is 13.5. The number of amides is 2. The van der Waals surface area contributed by atoms with Crippen LogP contribution in [-0.2, 0) is 16.0 Å². The second kappa shape index (κ2) is 7.94. The molecule has 4 rings (SSSR count). The van der Waals surface area contributed by atoms with Gasteiger partial charge in [-0.15, -0.1) is 0 Å². The van der Waals surface area contributed by atoms with Gasteiger partial charge < -0.3 is 15.1 Å². The first-order chi connectivity index (χ1) is 13.9. The normalized spacial score (nSPS) is 25.2. The number of nitrogens with zero attached hydrogens (tertiary/aromatic N) is 2. The molecule has 2 amide bonds. The quantitative estimate of drug-likeness (QED) is 0.856. The Labute approximate surface area is 174 Å². The summed E-state index contributed by atoms with van der Waals surface area (Å²) >= 11 is 0. The van der Waals surface area contributed by atoms with Gasteiger partial charge in [0.05, 0.1) is 18.0 Å². The minimum atomic E-state index is -0.268. The lowest BCUT2D eigenvalue weighted by atomic mass is 9.81. The van der Waals surface area contributed by atoms with Gasteiger partial charge in [0.1, 0.15) is 0 Å². The topological polar surface area (TPSA) is 52.7 Å². The van der Waals surface area contributed by atoms with E-state index in [9.17, 15) is 9.59 Å². The maximum Gasteiger partial charge on any atom is 0.252 e. The van der Waals surface area contributed by atoms with Crippen LogP contribution in [0.2, 0.25) is 0 Å². The summed E-state index contributed by atoms with van der Waals surface area (Å²) in [5.41, 5.74) is 2.94. The van der Waals surface area contributed by atoms with Crippen LogP contribution in [0.4, 0.5) is 0 Å². The molecule has 1 aromatic rings. The van der Waals surface area contributed by atoms with Crippen LogP contribution in [0.15, 0.2) is 41.5 Å². The first kappa shape index (κ1) is 20.1. The van der Waals surface area contributed by atoms with E-state index >= 15 is 0 Å². The predicted octanol–water partition coefficient (Wildman–Crippen LogP) is 2.77. The van der Waals surface area contributed by atoms with Gasteiger partial charge in [0, 0.05) is 19.2 Å². The fourth-order valence-electron chi connectivity index (χ4n) is 5.36. The van der Waals surface area contributed by atoms with Crippen molar-refractivity contribution in [3.63, 3.8) is 0 Å². The van der Waals surface area contributed by atoms with E-state index in [-0.39, 0.29) is 23.4 Å². The van der Waals surface area contributed by atoms with Crippen molar-refractivity contribution in [2.24, 2.45) is 5.92 Å². The lowest BCUT2D eigenvalue weighted by molar-refractivity contribution is -0.134. The molecule has 1 saturated heterocycles. The van der Waals surface area contributed by atoms with Crippen LogP contribution in [0.5, 0.6) is 0 Å². The van der Waals surface area contributed by atoms with E-state index in [0.717, 1.165) is 56.5 Å². The molecule has 1 aromatic carbocycles. The third-order valence-corrected chi connectivity index (χ3v) is 7.24. The van der Waals surface area contributed by atoms with Crippen molar-refractivity contribution in [3.8, 4) is 0 Å². The fourth-order valence-corrected chi connectivity index (χ4v) is 5.36. The van der Waals surface area contributed by atoms with Gasteiger partial charge in [-0.2, -0.15) is 0 Å². The van der Waals surface area contributed by atoms with Crippen molar-refractivity contribution in [2.75, 3.05) is 26.7 Å². The molecule has 156 valence electrons. The third kappa shape index (κ3) is 3.61. The number of rotatable bonds is 3. The fraction of sp³-hybridized carbons (Fsp3) is 0.583. The van der Waals surface area contributed by atoms with Gasteiger partial charge in [-0.1, -0.05) is 30.3 Å². The molecule has 0 saturated carbocycles. The third-order valence-electron chi connectivity index (χ3n) is 7.24. The van der Waals surface area contributed by atoms with Gasteiger partial charge in [0.2, 0.25) is 5.91 Å². The molecular formula is C24H33N3O2. The standard InChI is InChI=1S/C24H33N3O2/c1-24(2)19-10-7-15-27(20(28)16-17-8-5-4-6-9-17)22(18-11-13-25-14-12-18)21(19)23(29)26(24)3/h4-6,8-9,18,22,25H,7,10-16H2,1-3H3. The van der Waals surface area contributed by atoms with Crippen molar-refractivity contribution in [3.05, 3.63) is 47.0 Å². The van der Waals surface area contributed by atoms with E-state index < -0.39 is 0 Å². The highest BCUT2D eigenvalue weighted by Crippen LogP contribution is 2.44. The number of benzene rings is 1. The monoisotopic (exact) mass is 395 g/mol. The van der Waals surface area contributed by atoms with Crippen LogP contribution in [0, 0.1) is 5.92 Å². The lowest BCUT2D eigenvalue weighted by Gasteiger charge is -2.39. The highest BCUT2D eigenvalue weighted by Gasteiger charge is 2.49. The van der Waals surface area contributed by atoms with Gasteiger partial charge in [-0.25, -0.2) is 0 Å². The summed E-state index contributed by atoms with van der Waals surface area (Å²) in [5, 5.41) is 3.43. The number of piperidine rings is 1. The van der Waals surface area contributed by atoms with Crippen molar-refractivity contribution in [1.29, 1.82) is 0 Å². The van der Waals surface area contributed by atoms with Crippen molar-refractivity contribution in [1.82, 2.24) is 15.1 Å². The lowest BCUT2D eigenvalue weighted by Crippen LogP contribution is -2.50. The van der Waals surface area contributed by atoms with Gasteiger partial charge in [0.25, 0.3) is 5.91 Å². The smallest absolute Gasteiger partial charge is 0.252 e. The summed E-state index contributed by atoms with van der Waals surface area (Å²) in [6.07, 6.45) is 4.24. The molecule has 5 heteroatoms. The Morgan fingerprint density at radius 3 is 2.55 bits per heavy atom. The number of hydrogen-bond acceptors (Lipinski definition) is 3. The summed E-state index contributed by atoms with van der Waals surface area (Å²) in [5.74, 6) is 0.604. The Bertz CT molecular complexity index is 809. The maximum absolute atomic E-state index is 13.5. The molecule has 1 unspecified atom stereocenters. The molecule has 5 nitrogen and oxygen atoms in total. The van der Waals surface area contributed by atoms with Gasteiger partial charge in [-0.05, 0) is 69.7 Å². The molecule has 0 bridgehead atoms. The number of likely N-dealkylation sites (N-methyl/N-ethyl adjacent to an activating group) is 1. The van der Waals surface area contributed by atoms with Crippen LogP contribution in [0.3, 0.4) is 0 Å². The first-order valence-corrected chi connectivity index (χ1v) is 11.0. The van der Waals surface area contributed by atoms with E-state index in [1.165, 1.54) is 5.57 Å². The average molecular weight is 396 g/mol. The Kier molecular flexibility index (Phi) is 5.52. The number of hydrogen-bond donors (Lipinski definition) is 1. The molecule has 3 aliphatic rings. The Hall–Kier alpha value is -2.14. The van der Waals surface area contributed by atoms with E-state index in [1.54, 1.807) is 0 Å². The molecule has 3 aliphatic heterocycles. The molecule has 0 radical (unpaired) electrons. The van der Waals surface area contributed by atoms with Crippen LogP contribution >= 0.6 is 0 Å². The molecule has 1 N–H and O–H groups in total. The second-order valence-corrected chi connectivity index (χ2v) is 9.20. The van der Waals surface area contributed by atoms with Crippen LogP contribution in [0.1, 0.15) is 45.1 Å². The molecule has 0 aliphatic carbocycles. The summed E-state index contributed by atoms with van der Waals surface area (Å²) in [7, 11) is 1.91. The minimum Gasteiger partial charge on any atom is -0.335 e. The molecule has 1 fully saturated rings. The van der Waals surface area contributed by atoms with E-state index in [4.69, 9.17) is 0 Å². The summed E-state index contributed by atoms with van der Waals surface area (Å²) in [6.45, 7) is 6.94. The van der Waals surface area contributed by atoms with Gasteiger partial charge in [0.15, 0.2) is 0 Å². The zero-order valence-corrected chi connectivity index (χ0v) is 17.9. The molecule has 29 heavy (non-hydrogen) atoms. The molecule has 1 atom stereocenters. The first-order valence-electron chi connectivity index (χ1n) is 11.0. The van der Waals surface area contributed by atoms with E-state index in [0.29, 0.717) is 12.3 Å². The Morgan fingerprint density at radius 1 is 1.17 bits per heavy atom. The minimum absolute atomic E-state index is 0.0949. The van der Waals surface area contributed by atoms with Crippen molar-refractivity contribution in [2.45, 2.75) is 57.5 Å². The SMILES string of the molecule is CN1C(=O)C2=C(CCCN(C(=O)Cc3ccccc3)C2C2CCNCC2)C1(C)C. The molecular weight excluding hydrogens is 362 g/mol. The highest BCUT2D eigenvalue weighted by atomic mass is 16.2. The summed E-state index contributed by atoms with van der Waals surface area (Å²) in [4.78, 5) is 30.8. The molecule has 3 heterocycles. The van der Waals surface area contributed by atoms with Gasteiger partial charge >= 0.3 is 0 Å². The summed E-state index contributed by atoms with van der Waals surface area (Å²) < 4.78 is 0. The number of nitrogens with one attached hydrogen (secondary N) is 1. The largest absolute Gasteiger partial charge is 0.335 e. The summed E-state index contributed by atoms with van der Waals surface area (Å²) in [6, 6.07) is 9.86. The molecule has 0 spiro atoms. The van der Waals surface area contributed by atoms with Crippen LogP contribution in [-0.4, -0.2) is 59.9 Å². The zero-order chi connectivity index (χ0) is 20.6. The van der Waals surface area contributed by atoms with Crippen molar-refractivity contribution < 1.29 is 9.59 Å². The zero-order valence-electron chi connectivity index (χ0n) is 17.9. The Morgan fingerprint density at radius 2 is 1.86 bits per heavy atom. The van der Waals surface area contributed by atoms with Crippen LogP contribution in [0.25, 0.3) is 0 Å². The van der Waals surface area contributed by atoms with Gasteiger partial charge in [-0.3, -0.25) is 9.59 Å². The average Bonchev–Trinajstić information content (AvgIpc) is 2.88. The Balaban J connectivity index is 1.72. The molecule has 0 aromatic heterocycles. The van der Waals surface area contributed by atoms with Crippen LogP contribution < -0.4 is 5.32 Å². The van der Waals surface area contributed by atoms with E-state index in [2.05, 4.69) is 24.1 Å². The number of carbonyl (C=O) groups excluding carboxylic acids is 2. The second-order valence-electron chi connectivity index (χ2n) is 9.20. The van der Waals surface area contributed by atoms with E-state index in [1.807, 2.05) is 42.3 Å². The predicted molar refractivity (Wildman–Crippen MR) is 114 cm³/mol. The number of carbonyl (C=O) groups is 2. The van der Waals surface area contributed by atoms with Crippen molar-refractivity contribution >= 4 is 11.8 Å².